The molecular weight excluding hydrogens is 252 g/mol. The van der Waals surface area contributed by atoms with Crippen LogP contribution in [0, 0.1) is 0 Å². The third-order valence-electron chi connectivity index (χ3n) is 3.93. The van der Waals surface area contributed by atoms with E-state index in [1.54, 1.807) is 13.2 Å². The number of carbonyl (C=O) groups excluding carboxylic acids is 1. The van der Waals surface area contributed by atoms with Gasteiger partial charge >= 0.3 is 5.97 Å². The fraction of sp³-hybridized carbons (Fsp3) is 0.353. The van der Waals surface area contributed by atoms with Gasteiger partial charge in [0.1, 0.15) is 6.26 Å². The first-order chi connectivity index (χ1) is 9.63. The van der Waals surface area contributed by atoms with Crippen LogP contribution in [0.2, 0.25) is 0 Å². The minimum atomic E-state index is -0.761. The van der Waals surface area contributed by atoms with Crippen molar-refractivity contribution in [1.82, 2.24) is 0 Å². The zero-order valence-corrected chi connectivity index (χ0v) is 11.6. The molecule has 0 spiro atoms. The molecular formula is C17H18O3. The van der Waals surface area contributed by atoms with Crippen LogP contribution in [0.1, 0.15) is 37.3 Å². The minimum absolute atomic E-state index is 0.363. The Hall–Kier alpha value is -2.03. The van der Waals surface area contributed by atoms with Crippen LogP contribution in [0.4, 0.5) is 0 Å². The number of rotatable bonds is 3. The minimum Gasteiger partial charge on any atom is -0.458 e. The maximum absolute atomic E-state index is 12.1. The third kappa shape index (κ3) is 2.13. The molecule has 1 aromatic rings. The van der Waals surface area contributed by atoms with Crippen LogP contribution in [-0.2, 0) is 26.3 Å². The van der Waals surface area contributed by atoms with Gasteiger partial charge in [0.15, 0.2) is 11.4 Å². The van der Waals surface area contributed by atoms with E-state index in [1.807, 2.05) is 18.2 Å². The molecule has 2 aliphatic rings. The van der Waals surface area contributed by atoms with E-state index < -0.39 is 5.60 Å². The van der Waals surface area contributed by atoms with E-state index in [4.69, 9.17) is 9.47 Å². The lowest BCUT2D eigenvalue weighted by Gasteiger charge is -2.30. The van der Waals surface area contributed by atoms with Crippen molar-refractivity contribution in [3.05, 3.63) is 59.6 Å². The van der Waals surface area contributed by atoms with Gasteiger partial charge in [-0.05, 0) is 38.2 Å². The first-order valence-corrected chi connectivity index (χ1v) is 6.98. The molecule has 0 unspecified atom stereocenters. The Morgan fingerprint density at radius 1 is 1.35 bits per heavy atom. The van der Waals surface area contributed by atoms with Crippen LogP contribution in [0.5, 0.6) is 0 Å². The standard InChI is InChI=1S/C17H18O3/c1-12(2)16(18)20-17(15-11-19-15)10-6-5-8-13-7-3-4-9-14(13)17/h3-4,7,9,11H,1,5-6,8,10H2,2H3/t17-/m1/s1. The number of ether oxygens (including phenoxy) is 2. The van der Waals surface area contributed by atoms with E-state index in [0.717, 1.165) is 37.0 Å². The zero-order valence-electron chi connectivity index (χ0n) is 11.6. The zero-order chi connectivity index (χ0) is 14.2. The normalized spacial score (nSPS) is 23.8. The van der Waals surface area contributed by atoms with E-state index >= 15 is 0 Å². The lowest BCUT2D eigenvalue weighted by atomic mass is 9.87. The van der Waals surface area contributed by atoms with Crippen LogP contribution >= 0.6 is 0 Å². The average Bonchev–Trinajstić information content (AvgIpc) is 3.26. The van der Waals surface area contributed by atoms with Crippen LogP contribution in [-0.4, -0.2) is 5.97 Å². The molecule has 1 atom stereocenters. The summed E-state index contributed by atoms with van der Waals surface area (Å²) in [6.45, 7) is 5.34. The molecule has 3 rings (SSSR count). The first kappa shape index (κ1) is 13.0. The van der Waals surface area contributed by atoms with E-state index in [1.165, 1.54) is 5.56 Å². The second kappa shape index (κ2) is 4.82. The van der Waals surface area contributed by atoms with Crippen molar-refractivity contribution >= 4 is 5.97 Å². The molecule has 3 nitrogen and oxygen atoms in total. The van der Waals surface area contributed by atoms with Crippen molar-refractivity contribution < 1.29 is 14.3 Å². The SMILES string of the molecule is C=C(C)C(=O)O[C@]1(C2=CO2)CCCCc2ccccc21. The van der Waals surface area contributed by atoms with Gasteiger partial charge in [-0.1, -0.05) is 30.8 Å². The lowest BCUT2D eigenvalue weighted by molar-refractivity contribution is -0.154. The Kier molecular flexibility index (Phi) is 3.13. The van der Waals surface area contributed by atoms with Gasteiger partial charge in [0, 0.05) is 11.1 Å². The second-order valence-corrected chi connectivity index (χ2v) is 5.46. The fourth-order valence-electron chi connectivity index (χ4n) is 2.83. The molecule has 1 aliphatic carbocycles. The molecule has 0 fully saturated rings. The Morgan fingerprint density at radius 3 is 2.80 bits per heavy atom. The summed E-state index contributed by atoms with van der Waals surface area (Å²) in [5.41, 5.74) is 1.93. The highest BCUT2D eigenvalue weighted by Gasteiger charge is 2.48. The summed E-state index contributed by atoms with van der Waals surface area (Å²) in [6.07, 6.45) is 5.54. The highest BCUT2D eigenvalue weighted by molar-refractivity contribution is 5.87. The Morgan fingerprint density at radius 2 is 2.10 bits per heavy atom. The molecule has 0 amide bonds. The van der Waals surface area contributed by atoms with E-state index in [-0.39, 0.29) is 5.97 Å². The maximum Gasteiger partial charge on any atom is 0.334 e. The number of hydrogen-bond acceptors (Lipinski definition) is 3. The number of carbonyl (C=O) groups is 1. The molecule has 3 heteroatoms. The smallest absolute Gasteiger partial charge is 0.334 e. The van der Waals surface area contributed by atoms with Crippen molar-refractivity contribution in [3.63, 3.8) is 0 Å². The summed E-state index contributed by atoms with van der Waals surface area (Å²) >= 11 is 0. The number of esters is 1. The number of aryl methyl sites for hydroxylation is 1. The van der Waals surface area contributed by atoms with Gasteiger partial charge in [0.05, 0.1) is 0 Å². The van der Waals surface area contributed by atoms with Gasteiger partial charge in [-0.25, -0.2) is 4.79 Å². The van der Waals surface area contributed by atoms with Gasteiger partial charge in [-0.3, -0.25) is 0 Å². The largest absolute Gasteiger partial charge is 0.458 e. The van der Waals surface area contributed by atoms with E-state index in [0.29, 0.717) is 5.57 Å². The van der Waals surface area contributed by atoms with Gasteiger partial charge < -0.3 is 9.47 Å². The average molecular weight is 270 g/mol. The summed E-state index contributed by atoms with van der Waals surface area (Å²) in [5.74, 6) is 0.388. The summed E-state index contributed by atoms with van der Waals surface area (Å²) in [5, 5.41) is 0. The van der Waals surface area contributed by atoms with Crippen LogP contribution in [0.15, 0.2) is 48.4 Å². The van der Waals surface area contributed by atoms with Gasteiger partial charge in [-0.2, -0.15) is 0 Å². The van der Waals surface area contributed by atoms with Crippen molar-refractivity contribution in [2.75, 3.05) is 0 Å². The molecule has 0 aromatic heterocycles. The number of benzene rings is 1. The molecule has 0 N–H and O–H groups in total. The predicted molar refractivity (Wildman–Crippen MR) is 75.7 cm³/mol. The molecule has 0 saturated carbocycles. The highest BCUT2D eigenvalue weighted by Crippen LogP contribution is 2.47. The number of hydrogen-bond donors (Lipinski definition) is 0. The van der Waals surface area contributed by atoms with Gasteiger partial charge in [-0.15, -0.1) is 0 Å². The molecule has 104 valence electrons. The van der Waals surface area contributed by atoms with Crippen molar-refractivity contribution in [3.8, 4) is 0 Å². The highest BCUT2D eigenvalue weighted by atomic mass is 16.6. The molecule has 1 aromatic carbocycles. The number of fused-ring (bicyclic) bond motifs is 1. The second-order valence-electron chi connectivity index (χ2n) is 5.46. The molecule has 1 aliphatic heterocycles. The Labute approximate surface area is 118 Å². The molecule has 0 saturated heterocycles. The Balaban J connectivity index is 2.07. The summed E-state index contributed by atoms with van der Waals surface area (Å²) in [7, 11) is 0. The topological polar surface area (TPSA) is 38.8 Å². The van der Waals surface area contributed by atoms with Gasteiger partial charge in [0.25, 0.3) is 0 Å². The Bertz CT molecular complexity index is 600. The predicted octanol–water partition coefficient (Wildman–Crippen LogP) is 3.60. The maximum atomic E-state index is 12.1. The third-order valence-corrected chi connectivity index (χ3v) is 3.93. The van der Waals surface area contributed by atoms with Crippen molar-refractivity contribution in [2.45, 2.75) is 38.2 Å². The van der Waals surface area contributed by atoms with Crippen LogP contribution in [0.3, 0.4) is 0 Å². The van der Waals surface area contributed by atoms with E-state index in [2.05, 4.69) is 12.6 Å². The lowest BCUT2D eigenvalue weighted by Crippen LogP contribution is -2.33. The molecule has 0 radical (unpaired) electrons. The summed E-state index contributed by atoms with van der Waals surface area (Å²) < 4.78 is 11.2. The van der Waals surface area contributed by atoms with Crippen molar-refractivity contribution in [2.24, 2.45) is 0 Å². The van der Waals surface area contributed by atoms with Crippen molar-refractivity contribution in [1.29, 1.82) is 0 Å². The van der Waals surface area contributed by atoms with Gasteiger partial charge in [0.2, 0.25) is 0 Å². The van der Waals surface area contributed by atoms with Crippen LogP contribution < -0.4 is 0 Å². The quantitative estimate of drug-likeness (QED) is 0.478. The fourth-order valence-corrected chi connectivity index (χ4v) is 2.83. The molecule has 20 heavy (non-hydrogen) atoms. The summed E-state index contributed by atoms with van der Waals surface area (Å²) in [4.78, 5) is 12.1. The van der Waals surface area contributed by atoms with E-state index in [9.17, 15) is 4.79 Å². The first-order valence-electron chi connectivity index (χ1n) is 6.98. The molecule has 0 bridgehead atoms. The molecule has 1 heterocycles. The monoisotopic (exact) mass is 270 g/mol. The van der Waals surface area contributed by atoms with Crippen LogP contribution in [0.25, 0.3) is 0 Å². The summed E-state index contributed by atoms with van der Waals surface area (Å²) in [6, 6.07) is 8.15.